The van der Waals surface area contributed by atoms with E-state index < -0.39 is 0 Å². The maximum absolute atomic E-state index is 5.27. The van der Waals surface area contributed by atoms with E-state index >= 15 is 0 Å². The van der Waals surface area contributed by atoms with Crippen molar-refractivity contribution >= 4 is 17.2 Å². The lowest BCUT2D eigenvalue weighted by atomic mass is 9.76. The van der Waals surface area contributed by atoms with Crippen molar-refractivity contribution in [3.8, 4) is 0 Å². The van der Waals surface area contributed by atoms with Crippen LogP contribution in [0.3, 0.4) is 0 Å². The normalized spacial score (nSPS) is 14.4. The molecule has 1 N–H and O–H groups in total. The van der Waals surface area contributed by atoms with Crippen LogP contribution in [-0.4, -0.2) is 11.5 Å². The van der Waals surface area contributed by atoms with E-state index in [1.165, 1.54) is 32.1 Å². The molecule has 2 heteroatoms. The van der Waals surface area contributed by atoms with Crippen molar-refractivity contribution in [3.63, 3.8) is 0 Å². The monoisotopic (exact) mass is 285 g/mol. The maximum atomic E-state index is 5.27. The molecule has 1 nitrogen and oxygen atoms in total. The molecule has 0 saturated heterocycles. The highest BCUT2D eigenvalue weighted by molar-refractivity contribution is 7.80. The summed E-state index contributed by atoms with van der Waals surface area (Å²) in [7, 11) is 0. The van der Waals surface area contributed by atoms with Crippen LogP contribution in [-0.2, 0) is 0 Å². The zero-order valence-electron chi connectivity index (χ0n) is 13.8. The van der Waals surface area contributed by atoms with E-state index in [0.717, 1.165) is 42.1 Å². The Morgan fingerprint density at radius 2 is 1.68 bits per heavy atom. The van der Waals surface area contributed by atoms with E-state index in [1.54, 1.807) is 0 Å². The molecule has 0 radical (unpaired) electrons. The summed E-state index contributed by atoms with van der Waals surface area (Å²) in [5.41, 5.74) is 0. The zero-order chi connectivity index (χ0) is 14.7. The third-order valence-electron chi connectivity index (χ3n) is 4.49. The summed E-state index contributed by atoms with van der Waals surface area (Å²) in [5.74, 6) is 2.66. The second kappa shape index (κ2) is 11.7. The van der Waals surface area contributed by atoms with E-state index in [9.17, 15) is 0 Å². The van der Waals surface area contributed by atoms with E-state index in [2.05, 4.69) is 39.9 Å². The number of nitrogens with one attached hydrogen (secondary N) is 1. The molecule has 0 aliphatic heterocycles. The average molecular weight is 286 g/mol. The number of thiocarbonyl (C=S) groups is 1. The highest BCUT2D eigenvalue weighted by atomic mass is 32.1. The number of rotatable bonds is 11. The predicted molar refractivity (Wildman–Crippen MR) is 91.8 cm³/mol. The Bertz CT molecular complexity index is 223. The van der Waals surface area contributed by atoms with Crippen molar-refractivity contribution in [2.24, 2.45) is 17.8 Å². The molecule has 0 aliphatic carbocycles. The van der Waals surface area contributed by atoms with E-state index in [4.69, 9.17) is 12.2 Å². The molecule has 0 aliphatic rings. The topological polar surface area (TPSA) is 12.0 Å². The van der Waals surface area contributed by atoms with Gasteiger partial charge in [0.2, 0.25) is 0 Å². The van der Waals surface area contributed by atoms with Gasteiger partial charge in [-0.05, 0) is 43.4 Å². The Kier molecular flexibility index (Phi) is 11.6. The van der Waals surface area contributed by atoms with Gasteiger partial charge in [-0.2, -0.15) is 0 Å². The zero-order valence-corrected chi connectivity index (χ0v) is 14.6. The number of hydrogen-bond acceptors (Lipinski definition) is 1. The Morgan fingerprint density at radius 1 is 1.05 bits per heavy atom. The van der Waals surface area contributed by atoms with Gasteiger partial charge in [0.15, 0.2) is 0 Å². The summed E-state index contributed by atoms with van der Waals surface area (Å²) < 4.78 is 0. The summed E-state index contributed by atoms with van der Waals surface area (Å²) in [6, 6.07) is 0. The molecular weight excluding hydrogens is 250 g/mol. The van der Waals surface area contributed by atoms with Crippen LogP contribution >= 0.6 is 12.2 Å². The summed E-state index contributed by atoms with van der Waals surface area (Å²) in [6.45, 7) is 12.7. The summed E-state index contributed by atoms with van der Waals surface area (Å²) in [6.07, 6.45) is 8.76. The fourth-order valence-electron chi connectivity index (χ4n) is 3.28. The first kappa shape index (κ1) is 18.9. The fourth-order valence-corrected chi connectivity index (χ4v) is 3.58. The van der Waals surface area contributed by atoms with Crippen molar-refractivity contribution < 1.29 is 0 Å². The minimum absolute atomic E-state index is 0.844. The minimum atomic E-state index is 0.844. The molecule has 0 heterocycles. The van der Waals surface area contributed by atoms with E-state index in [0.29, 0.717) is 0 Å². The highest BCUT2D eigenvalue weighted by Crippen LogP contribution is 2.31. The minimum Gasteiger partial charge on any atom is -0.380 e. The van der Waals surface area contributed by atoms with Crippen molar-refractivity contribution in [2.45, 2.75) is 79.6 Å². The molecule has 19 heavy (non-hydrogen) atoms. The lowest BCUT2D eigenvalue weighted by Crippen LogP contribution is -2.24. The van der Waals surface area contributed by atoms with Crippen molar-refractivity contribution in [3.05, 3.63) is 0 Å². The second-order valence-corrected chi connectivity index (χ2v) is 6.36. The van der Waals surface area contributed by atoms with Crippen molar-refractivity contribution in [2.75, 3.05) is 6.54 Å². The molecule has 114 valence electrons. The summed E-state index contributed by atoms with van der Waals surface area (Å²) >= 11 is 5.27. The smallest absolute Gasteiger partial charge is 0.0753 e. The van der Waals surface area contributed by atoms with Gasteiger partial charge in [-0.15, -0.1) is 0 Å². The molecule has 2 atom stereocenters. The molecule has 0 aromatic carbocycles. The van der Waals surface area contributed by atoms with Crippen molar-refractivity contribution in [1.82, 2.24) is 5.32 Å². The van der Waals surface area contributed by atoms with E-state index in [-0.39, 0.29) is 0 Å². The Morgan fingerprint density at radius 3 is 2.16 bits per heavy atom. The second-order valence-electron chi connectivity index (χ2n) is 5.87. The Hall–Kier alpha value is -0.110. The standard InChI is InChI=1S/C17H35NS/c1-6-11-17(19)18-13-10-12-14(5)16(9-4)15(7-2)8-3/h14-16H,6-13H2,1-5H3,(H,18,19). The van der Waals surface area contributed by atoms with Gasteiger partial charge in [-0.3, -0.25) is 0 Å². The van der Waals surface area contributed by atoms with Crippen LogP contribution in [0.2, 0.25) is 0 Å². The lowest BCUT2D eigenvalue weighted by molar-refractivity contribution is 0.207. The van der Waals surface area contributed by atoms with Crippen LogP contribution < -0.4 is 5.32 Å². The molecule has 0 amide bonds. The van der Waals surface area contributed by atoms with Gasteiger partial charge in [-0.25, -0.2) is 0 Å². The van der Waals surface area contributed by atoms with Crippen LogP contribution in [0.5, 0.6) is 0 Å². The maximum Gasteiger partial charge on any atom is 0.0753 e. The van der Waals surface area contributed by atoms with Gasteiger partial charge in [0.1, 0.15) is 0 Å². The molecule has 0 bridgehead atoms. The summed E-state index contributed by atoms with van der Waals surface area (Å²) in [5, 5.41) is 3.38. The molecule has 0 saturated carbocycles. The van der Waals surface area contributed by atoms with Gasteiger partial charge in [-0.1, -0.05) is 66.1 Å². The third kappa shape index (κ3) is 7.91. The van der Waals surface area contributed by atoms with Gasteiger partial charge in [0.25, 0.3) is 0 Å². The molecule has 0 spiro atoms. The Labute approximate surface area is 126 Å². The van der Waals surface area contributed by atoms with Crippen LogP contribution in [0.25, 0.3) is 0 Å². The predicted octanol–water partition coefficient (Wildman–Crippen LogP) is 5.58. The summed E-state index contributed by atoms with van der Waals surface area (Å²) in [4.78, 5) is 1.04. The van der Waals surface area contributed by atoms with Crippen LogP contribution in [0.15, 0.2) is 0 Å². The molecular formula is C17H35NS. The van der Waals surface area contributed by atoms with Gasteiger partial charge in [0, 0.05) is 6.54 Å². The first-order valence-electron chi connectivity index (χ1n) is 8.37. The van der Waals surface area contributed by atoms with Gasteiger partial charge < -0.3 is 5.32 Å². The molecule has 0 fully saturated rings. The van der Waals surface area contributed by atoms with Gasteiger partial charge in [0.05, 0.1) is 4.99 Å². The molecule has 2 unspecified atom stereocenters. The molecule has 0 rings (SSSR count). The quantitative estimate of drug-likeness (QED) is 0.393. The lowest BCUT2D eigenvalue weighted by Gasteiger charge is -2.30. The van der Waals surface area contributed by atoms with Gasteiger partial charge >= 0.3 is 0 Å². The highest BCUT2D eigenvalue weighted by Gasteiger charge is 2.22. The van der Waals surface area contributed by atoms with Crippen LogP contribution in [0.4, 0.5) is 0 Å². The first-order valence-corrected chi connectivity index (χ1v) is 8.77. The SMILES string of the molecule is CCCC(=S)NCCCC(C)C(CC)C(CC)CC. The van der Waals surface area contributed by atoms with E-state index in [1.807, 2.05) is 0 Å². The molecule has 0 aromatic rings. The molecule has 0 aromatic heterocycles. The number of hydrogen-bond donors (Lipinski definition) is 1. The van der Waals surface area contributed by atoms with Crippen molar-refractivity contribution in [1.29, 1.82) is 0 Å². The van der Waals surface area contributed by atoms with Crippen LogP contribution in [0, 0.1) is 17.8 Å². The third-order valence-corrected chi connectivity index (χ3v) is 4.84. The van der Waals surface area contributed by atoms with Crippen LogP contribution in [0.1, 0.15) is 79.6 Å². The fraction of sp³-hybridized carbons (Fsp3) is 0.941. The average Bonchev–Trinajstić information content (AvgIpc) is 2.40. The Balaban J connectivity index is 3.94. The first-order chi connectivity index (χ1) is 9.10. The largest absolute Gasteiger partial charge is 0.380 e.